The van der Waals surface area contributed by atoms with Crippen LogP contribution in [0.2, 0.25) is 0 Å². The van der Waals surface area contributed by atoms with Crippen LogP contribution >= 0.6 is 0 Å². The molecule has 1 fully saturated rings. The van der Waals surface area contributed by atoms with Gasteiger partial charge in [0.05, 0.1) is 24.4 Å². The van der Waals surface area contributed by atoms with Crippen molar-refractivity contribution < 1.29 is 14.3 Å². The van der Waals surface area contributed by atoms with Crippen LogP contribution in [-0.2, 0) is 16.1 Å². The minimum absolute atomic E-state index is 0.0100. The van der Waals surface area contributed by atoms with Crippen LogP contribution in [0.4, 0.5) is 5.69 Å². The van der Waals surface area contributed by atoms with Gasteiger partial charge in [-0.1, -0.05) is 42.5 Å². The Morgan fingerprint density at radius 1 is 0.953 bits per heavy atom. The molecule has 0 spiro atoms. The molecule has 0 radical (unpaired) electrons. The number of rotatable bonds is 9. The van der Waals surface area contributed by atoms with Gasteiger partial charge in [-0.05, 0) is 67.8 Å². The average Bonchev–Trinajstić information content (AvgIpc) is 3.41. The number of aromatic nitrogens is 3. The second-order valence-corrected chi connectivity index (χ2v) is 11.0. The third kappa shape index (κ3) is 6.54. The Morgan fingerprint density at radius 3 is 2.35 bits per heavy atom. The number of aryl methyl sites for hydroxylation is 1. The largest absolute Gasteiger partial charge is 0.465 e. The van der Waals surface area contributed by atoms with Crippen LogP contribution < -0.4 is 15.9 Å². The van der Waals surface area contributed by atoms with Gasteiger partial charge in [0.25, 0.3) is 0 Å². The lowest BCUT2D eigenvalue weighted by molar-refractivity contribution is -0.127. The van der Waals surface area contributed by atoms with Crippen LogP contribution in [0.15, 0.2) is 83.9 Å². The summed E-state index contributed by atoms with van der Waals surface area (Å²) in [6.07, 6.45) is 1.58. The minimum Gasteiger partial charge on any atom is -0.465 e. The Balaban J connectivity index is 1.28. The maximum absolute atomic E-state index is 13.6. The molecule has 10 heteroatoms. The smallest absolute Gasteiger partial charge is 0.350 e. The van der Waals surface area contributed by atoms with E-state index in [1.54, 1.807) is 29.1 Å². The predicted octanol–water partition coefficient (Wildman–Crippen LogP) is 3.89. The number of hydrogen-bond acceptors (Lipinski definition) is 7. The molecule has 1 amide bonds. The number of carbonyl (C=O) groups excluding carboxylic acids is 2. The Kier molecular flexibility index (Phi) is 9.06. The van der Waals surface area contributed by atoms with Gasteiger partial charge in [-0.25, -0.2) is 18.8 Å². The van der Waals surface area contributed by atoms with Crippen LogP contribution in [0.1, 0.15) is 53.0 Å². The zero-order valence-electron chi connectivity index (χ0n) is 25.1. The van der Waals surface area contributed by atoms with Gasteiger partial charge in [0.15, 0.2) is 0 Å². The Morgan fingerprint density at radius 2 is 1.70 bits per heavy atom. The Hall–Kier alpha value is -4.70. The van der Waals surface area contributed by atoms with Crippen LogP contribution in [0, 0.1) is 6.92 Å². The van der Waals surface area contributed by atoms with E-state index in [1.807, 2.05) is 69.3 Å². The summed E-state index contributed by atoms with van der Waals surface area (Å²) < 4.78 is 7.89. The molecule has 4 aromatic rings. The number of piperazine rings is 1. The van der Waals surface area contributed by atoms with E-state index < -0.39 is 12.0 Å². The van der Waals surface area contributed by atoms with E-state index in [1.165, 1.54) is 11.8 Å². The number of benzene rings is 3. The number of carbonyl (C=O) groups is 2. The van der Waals surface area contributed by atoms with Crippen LogP contribution in [0.25, 0.3) is 5.69 Å². The molecule has 1 atom stereocenters. The topological polar surface area (TPSA) is 102 Å². The van der Waals surface area contributed by atoms with Crippen LogP contribution in [-0.4, -0.2) is 64.4 Å². The van der Waals surface area contributed by atoms with E-state index in [-0.39, 0.29) is 17.6 Å². The highest BCUT2D eigenvalue weighted by Crippen LogP contribution is 2.27. The molecular formula is C33H38N6O4. The number of nitrogens with zero attached hydrogens (tertiary/aromatic N) is 5. The number of nitrogens with one attached hydrogen (secondary N) is 1. The van der Waals surface area contributed by atoms with Crippen molar-refractivity contribution in [3.63, 3.8) is 0 Å². The molecule has 1 unspecified atom stereocenters. The van der Waals surface area contributed by atoms with Gasteiger partial charge in [-0.15, -0.1) is 0 Å². The predicted molar refractivity (Wildman–Crippen MR) is 166 cm³/mol. The SMILES string of the molecule is COC(=O)c1cccc(CNC(=O)C(c2ccccc2)N2CCN(c3ccc(-n4cnn(C(C)C)c4=O)c(C)c3)CC2)c1. The van der Waals surface area contributed by atoms with E-state index in [0.29, 0.717) is 25.2 Å². The van der Waals surface area contributed by atoms with Gasteiger partial charge in [-0.2, -0.15) is 5.10 Å². The van der Waals surface area contributed by atoms with Gasteiger partial charge in [0, 0.05) is 38.4 Å². The summed E-state index contributed by atoms with van der Waals surface area (Å²) in [6, 6.07) is 22.6. The van der Waals surface area contributed by atoms with Crippen molar-refractivity contribution in [2.45, 2.75) is 39.4 Å². The maximum Gasteiger partial charge on any atom is 0.350 e. The van der Waals surface area contributed by atoms with E-state index in [4.69, 9.17) is 4.74 Å². The van der Waals surface area contributed by atoms with Crippen molar-refractivity contribution >= 4 is 17.6 Å². The first kappa shape index (κ1) is 29.8. The molecule has 1 aromatic heterocycles. The van der Waals surface area contributed by atoms with Crippen LogP contribution in [0.5, 0.6) is 0 Å². The lowest BCUT2D eigenvalue weighted by Crippen LogP contribution is -2.51. The van der Waals surface area contributed by atoms with Crippen molar-refractivity contribution in [1.29, 1.82) is 0 Å². The molecule has 0 saturated carbocycles. The fraction of sp³-hybridized carbons (Fsp3) is 0.333. The van der Waals surface area contributed by atoms with E-state index in [0.717, 1.165) is 41.2 Å². The summed E-state index contributed by atoms with van der Waals surface area (Å²) in [6.45, 7) is 9.09. The third-order valence-corrected chi connectivity index (χ3v) is 7.85. The van der Waals surface area contributed by atoms with E-state index in [9.17, 15) is 14.4 Å². The summed E-state index contributed by atoms with van der Waals surface area (Å²) in [5.41, 5.74) is 4.94. The molecule has 5 rings (SSSR count). The molecule has 0 aliphatic carbocycles. The normalized spacial score (nSPS) is 14.5. The van der Waals surface area contributed by atoms with Gasteiger partial charge >= 0.3 is 11.7 Å². The highest BCUT2D eigenvalue weighted by Gasteiger charge is 2.30. The van der Waals surface area contributed by atoms with Crippen molar-refractivity contribution in [3.05, 3.63) is 112 Å². The maximum atomic E-state index is 13.6. The summed E-state index contributed by atoms with van der Waals surface area (Å²) in [7, 11) is 1.35. The quantitative estimate of drug-likeness (QED) is 0.299. The minimum atomic E-state index is -0.444. The van der Waals surface area contributed by atoms with Crippen molar-refractivity contribution in [3.8, 4) is 5.69 Å². The lowest BCUT2D eigenvalue weighted by atomic mass is 10.0. The molecular weight excluding hydrogens is 544 g/mol. The van der Waals surface area contributed by atoms with Gasteiger partial charge in [0.2, 0.25) is 5.91 Å². The third-order valence-electron chi connectivity index (χ3n) is 7.85. The number of anilines is 1. The zero-order chi connectivity index (χ0) is 30.5. The summed E-state index contributed by atoms with van der Waals surface area (Å²) >= 11 is 0. The lowest BCUT2D eigenvalue weighted by Gasteiger charge is -2.40. The summed E-state index contributed by atoms with van der Waals surface area (Å²) in [4.78, 5) is 42.9. The number of methoxy groups -OCH3 is 1. The number of hydrogen-bond donors (Lipinski definition) is 1. The molecule has 224 valence electrons. The molecule has 1 N–H and O–H groups in total. The molecule has 43 heavy (non-hydrogen) atoms. The highest BCUT2D eigenvalue weighted by molar-refractivity contribution is 5.89. The standard InChI is InChI=1S/C33H38N6O4/c1-23(2)39-33(42)38(22-35-39)29-14-13-28(19-24(29)3)36-15-17-37(18-16-36)30(26-10-6-5-7-11-26)31(40)34-21-25-9-8-12-27(20-25)32(41)43-4/h5-14,19-20,22-23,30H,15-18,21H2,1-4H3,(H,34,40). The zero-order valence-corrected chi connectivity index (χ0v) is 25.1. The monoisotopic (exact) mass is 582 g/mol. The first-order valence-electron chi connectivity index (χ1n) is 14.5. The molecule has 1 aliphatic rings. The van der Waals surface area contributed by atoms with Crippen molar-refractivity contribution in [2.24, 2.45) is 0 Å². The molecule has 1 aliphatic heterocycles. The summed E-state index contributed by atoms with van der Waals surface area (Å²) in [5.74, 6) is -0.495. The molecule has 3 aromatic carbocycles. The van der Waals surface area contributed by atoms with Gasteiger partial charge in [0.1, 0.15) is 12.4 Å². The van der Waals surface area contributed by atoms with Crippen LogP contribution in [0.3, 0.4) is 0 Å². The van der Waals surface area contributed by atoms with Gasteiger partial charge in [-0.3, -0.25) is 9.69 Å². The second-order valence-electron chi connectivity index (χ2n) is 11.0. The van der Waals surface area contributed by atoms with Gasteiger partial charge < -0.3 is 15.0 Å². The second kappa shape index (κ2) is 13.1. The molecule has 2 heterocycles. The Labute approximate surface area is 251 Å². The highest BCUT2D eigenvalue weighted by atomic mass is 16.5. The number of amides is 1. The number of esters is 1. The Bertz CT molecular complexity index is 1640. The fourth-order valence-electron chi connectivity index (χ4n) is 5.56. The van der Waals surface area contributed by atoms with E-state index in [2.05, 4.69) is 26.3 Å². The molecule has 0 bridgehead atoms. The number of ether oxygens (including phenoxy) is 1. The summed E-state index contributed by atoms with van der Waals surface area (Å²) in [5, 5.41) is 7.34. The van der Waals surface area contributed by atoms with E-state index >= 15 is 0 Å². The molecule has 10 nitrogen and oxygen atoms in total. The fourth-order valence-corrected chi connectivity index (χ4v) is 5.56. The van der Waals surface area contributed by atoms with Crippen molar-refractivity contribution in [1.82, 2.24) is 24.6 Å². The molecule has 1 saturated heterocycles. The van der Waals surface area contributed by atoms with Crippen molar-refractivity contribution in [2.75, 3.05) is 38.2 Å². The first-order valence-corrected chi connectivity index (χ1v) is 14.5. The average molecular weight is 583 g/mol. The first-order chi connectivity index (χ1) is 20.8.